The number of benzene rings is 2. The van der Waals surface area contributed by atoms with Crippen molar-refractivity contribution in [2.45, 2.75) is 6.42 Å². The van der Waals surface area contributed by atoms with Crippen molar-refractivity contribution in [2.75, 3.05) is 5.32 Å². The van der Waals surface area contributed by atoms with Gasteiger partial charge in [0.2, 0.25) is 0 Å². The molecule has 30 heavy (non-hydrogen) atoms. The maximum absolute atomic E-state index is 12.4. The maximum Gasteiger partial charge on any atom is 0.269 e. The number of aromatic nitrogens is 1. The Morgan fingerprint density at radius 3 is 2.50 bits per heavy atom. The summed E-state index contributed by atoms with van der Waals surface area (Å²) >= 11 is 13.3. The Morgan fingerprint density at radius 2 is 1.90 bits per heavy atom. The van der Waals surface area contributed by atoms with Crippen molar-refractivity contribution in [1.82, 2.24) is 4.98 Å². The third kappa shape index (κ3) is 5.64. The molecule has 0 aliphatic heterocycles. The van der Waals surface area contributed by atoms with Gasteiger partial charge >= 0.3 is 0 Å². The predicted molar refractivity (Wildman–Crippen MR) is 117 cm³/mol. The number of nitrogens with one attached hydrogen (secondary N) is 1. The van der Waals surface area contributed by atoms with E-state index in [1.807, 2.05) is 6.07 Å². The molecule has 0 radical (unpaired) electrons. The molecule has 0 aliphatic rings. The van der Waals surface area contributed by atoms with Crippen LogP contribution >= 0.6 is 34.5 Å². The number of halogens is 2. The predicted octanol–water partition coefficient (Wildman–Crippen LogP) is 5.49. The van der Waals surface area contributed by atoms with E-state index in [2.05, 4.69) is 10.3 Å². The van der Waals surface area contributed by atoms with Crippen molar-refractivity contribution < 1.29 is 9.72 Å². The zero-order valence-corrected chi connectivity index (χ0v) is 17.5. The molecule has 150 valence electrons. The number of hydrogen-bond donors (Lipinski definition) is 1. The Kier molecular flexibility index (Phi) is 6.79. The van der Waals surface area contributed by atoms with Crippen LogP contribution in [0.15, 0.2) is 54.2 Å². The molecule has 10 heteroatoms. The van der Waals surface area contributed by atoms with Gasteiger partial charge in [0.05, 0.1) is 4.92 Å². The number of thiazole rings is 1. The highest BCUT2D eigenvalue weighted by molar-refractivity contribution is 7.15. The summed E-state index contributed by atoms with van der Waals surface area (Å²) in [6, 6.07) is 12.6. The second-order valence-corrected chi connectivity index (χ2v) is 8.05. The van der Waals surface area contributed by atoms with Gasteiger partial charge in [-0.25, -0.2) is 4.98 Å². The molecule has 0 spiro atoms. The second kappa shape index (κ2) is 9.50. The first-order valence-corrected chi connectivity index (χ1v) is 9.98. The number of anilines is 1. The van der Waals surface area contributed by atoms with Gasteiger partial charge < -0.3 is 0 Å². The van der Waals surface area contributed by atoms with Crippen molar-refractivity contribution in [1.29, 1.82) is 5.26 Å². The number of rotatable bonds is 6. The van der Waals surface area contributed by atoms with Crippen LogP contribution in [-0.2, 0) is 11.2 Å². The molecule has 0 unspecified atom stereocenters. The summed E-state index contributed by atoms with van der Waals surface area (Å²) < 4.78 is 0. The minimum atomic E-state index is -0.623. The summed E-state index contributed by atoms with van der Waals surface area (Å²) in [7, 11) is 0. The van der Waals surface area contributed by atoms with Crippen LogP contribution in [-0.4, -0.2) is 15.8 Å². The lowest BCUT2D eigenvalue weighted by Crippen LogP contribution is -2.13. The van der Waals surface area contributed by atoms with Crippen molar-refractivity contribution in [3.8, 4) is 6.07 Å². The smallest absolute Gasteiger partial charge is 0.269 e. The average Bonchev–Trinajstić information content (AvgIpc) is 3.12. The minimum Gasteiger partial charge on any atom is -0.297 e. The van der Waals surface area contributed by atoms with Crippen molar-refractivity contribution in [3.63, 3.8) is 0 Å². The number of carbonyl (C=O) groups is 1. The van der Waals surface area contributed by atoms with Crippen LogP contribution in [0.3, 0.4) is 0 Å². The van der Waals surface area contributed by atoms with E-state index < -0.39 is 10.8 Å². The Hall–Kier alpha value is -3.25. The first-order valence-electron chi connectivity index (χ1n) is 8.41. The number of nitro benzene ring substituents is 1. The molecule has 0 atom stereocenters. The fourth-order valence-electron chi connectivity index (χ4n) is 2.53. The molecule has 1 heterocycles. The van der Waals surface area contributed by atoms with E-state index in [-0.39, 0.29) is 11.3 Å². The first kappa shape index (κ1) is 21.5. The number of hydrogen-bond acceptors (Lipinski definition) is 6. The summed E-state index contributed by atoms with van der Waals surface area (Å²) in [5, 5.41) is 24.0. The lowest BCUT2D eigenvalue weighted by atomic mass is 10.1. The van der Waals surface area contributed by atoms with Crippen LogP contribution < -0.4 is 5.32 Å². The number of amides is 1. The second-order valence-electron chi connectivity index (χ2n) is 6.06. The van der Waals surface area contributed by atoms with Gasteiger partial charge in [-0.05, 0) is 47.5 Å². The third-order valence-electron chi connectivity index (χ3n) is 3.85. The van der Waals surface area contributed by atoms with E-state index in [0.717, 1.165) is 10.4 Å². The van der Waals surface area contributed by atoms with Gasteiger partial charge in [-0.15, -0.1) is 11.3 Å². The molecule has 0 bridgehead atoms. The maximum atomic E-state index is 12.4. The molecular formula is C20H12Cl2N4O3S. The van der Waals surface area contributed by atoms with Crippen LogP contribution in [0.2, 0.25) is 10.0 Å². The highest BCUT2D eigenvalue weighted by Gasteiger charge is 2.13. The van der Waals surface area contributed by atoms with Gasteiger partial charge in [-0.1, -0.05) is 23.2 Å². The molecule has 1 N–H and O–H groups in total. The standard InChI is InChI=1S/C20H12Cl2N4O3S/c21-15-6-13(7-16(22)9-15)8-18-11-24-20(30-18)25-19(27)14(10-23)5-12-1-3-17(4-2-12)26(28)29/h1-7,9,11H,8H2,(H,24,25,27)/b14-5+. The first-order chi connectivity index (χ1) is 14.3. The molecule has 0 aliphatic carbocycles. The largest absolute Gasteiger partial charge is 0.297 e. The summed E-state index contributed by atoms with van der Waals surface area (Å²) in [6.45, 7) is 0. The Morgan fingerprint density at radius 1 is 1.23 bits per heavy atom. The van der Waals surface area contributed by atoms with E-state index in [0.29, 0.717) is 27.2 Å². The van der Waals surface area contributed by atoms with Crippen molar-refractivity contribution >= 4 is 57.3 Å². The van der Waals surface area contributed by atoms with Crippen molar-refractivity contribution in [2.24, 2.45) is 0 Å². The van der Waals surface area contributed by atoms with Crippen LogP contribution in [0.4, 0.5) is 10.8 Å². The van der Waals surface area contributed by atoms with Crippen molar-refractivity contribution in [3.05, 3.63) is 90.4 Å². The number of nitriles is 1. The number of nitrogens with zero attached hydrogens (tertiary/aromatic N) is 3. The summed E-state index contributed by atoms with van der Waals surface area (Å²) in [5.74, 6) is -0.623. The fourth-order valence-corrected chi connectivity index (χ4v) is 3.95. The molecule has 3 aromatic rings. The quantitative estimate of drug-likeness (QED) is 0.227. The Bertz CT molecular complexity index is 1160. The van der Waals surface area contributed by atoms with Gasteiger partial charge in [0.1, 0.15) is 11.6 Å². The van der Waals surface area contributed by atoms with Crippen LogP contribution in [0.5, 0.6) is 0 Å². The minimum absolute atomic E-state index is 0.0774. The van der Waals surface area contributed by atoms with Gasteiger partial charge in [0.15, 0.2) is 5.13 Å². The summed E-state index contributed by atoms with van der Waals surface area (Å²) in [6.07, 6.45) is 3.51. The van der Waals surface area contributed by atoms with Gasteiger partial charge in [0, 0.05) is 39.7 Å². The number of carbonyl (C=O) groups excluding carboxylic acids is 1. The molecule has 0 saturated carbocycles. The van der Waals surface area contributed by atoms with Gasteiger partial charge in [-0.3, -0.25) is 20.2 Å². The van der Waals surface area contributed by atoms with E-state index in [1.165, 1.54) is 41.7 Å². The van der Waals surface area contributed by atoms with E-state index >= 15 is 0 Å². The lowest BCUT2D eigenvalue weighted by Gasteiger charge is -2.01. The Balaban J connectivity index is 1.70. The zero-order valence-electron chi connectivity index (χ0n) is 15.1. The SMILES string of the molecule is N#C/C(=C\c1ccc([N+](=O)[O-])cc1)C(=O)Nc1ncc(Cc2cc(Cl)cc(Cl)c2)s1. The van der Waals surface area contributed by atoms with Crippen LogP contribution in [0.25, 0.3) is 6.08 Å². The van der Waals surface area contributed by atoms with E-state index in [4.69, 9.17) is 23.2 Å². The topological polar surface area (TPSA) is 109 Å². The Labute approximate surface area is 185 Å². The van der Waals surface area contributed by atoms with E-state index in [1.54, 1.807) is 24.4 Å². The van der Waals surface area contributed by atoms with Crippen LogP contribution in [0, 0.1) is 21.4 Å². The third-order valence-corrected chi connectivity index (χ3v) is 5.20. The molecule has 0 saturated heterocycles. The van der Waals surface area contributed by atoms with Crippen LogP contribution in [0.1, 0.15) is 16.0 Å². The summed E-state index contributed by atoms with van der Waals surface area (Å²) in [5.41, 5.74) is 1.17. The van der Waals surface area contributed by atoms with E-state index in [9.17, 15) is 20.2 Å². The lowest BCUT2D eigenvalue weighted by molar-refractivity contribution is -0.384. The normalized spacial score (nSPS) is 11.0. The van der Waals surface area contributed by atoms with Gasteiger partial charge in [0.25, 0.3) is 11.6 Å². The molecular weight excluding hydrogens is 447 g/mol. The summed E-state index contributed by atoms with van der Waals surface area (Å²) in [4.78, 5) is 27.6. The zero-order chi connectivity index (χ0) is 21.7. The molecule has 1 aromatic heterocycles. The molecule has 1 amide bonds. The molecule has 7 nitrogen and oxygen atoms in total. The highest BCUT2D eigenvalue weighted by Crippen LogP contribution is 2.25. The fraction of sp³-hybridized carbons (Fsp3) is 0.0500. The number of nitro groups is 1. The number of non-ortho nitro benzene ring substituents is 1. The van der Waals surface area contributed by atoms with Gasteiger partial charge in [-0.2, -0.15) is 5.26 Å². The average molecular weight is 459 g/mol. The monoisotopic (exact) mass is 458 g/mol. The molecule has 3 rings (SSSR count). The highest BCUT2D eigenvalue weighted by atomic mass is 35.5. The molecule has 0 fully saturated rings. The molecule has 2 aromatic carbocycles.